The fourth-order valence-corrected chi connectivity index (χ4v) is 2.17. The van der Waals surface area contributed by atoms with Crippen LogP contribution in [-0.4, -0.2) is 25.3 Å². The molecule has 2 rings (SSSR count). The lowest BCUT2D eigenvalue weighted by molar-refractivity contribution is 0.379. The molecule has 0 bridgehead atoms. The summed E-state index contributed by atoms with van der Waals surface area (Å²) in [7, 11) is 1.52. The van der Waals surface area contributed by atoms with E-state index in [1.807, 2.05) is 0 Å². The summed E-state index contributed by atoms with van der Waals surface area (Å²) < 4.78 is 18.3. The van der Waals surface area contributed by atoms with Crippen molar-refractivity contribution in [2.45, 2.75) is 18.8 Å². The van der Waals surface area contributed by atoms with Gasteiger partial charge in [-0.2, -0.15) is 0 Å². The number of phenols is 1. The minimum absolute atomic E-state index is 0.287. The molecule has 1 aliphatic heterocycles. The van der Waals surface area contributed by atoms with Crippen molar-refractivity contribution in [3.8, 4) is 11.5 Å². The quantitative estimate of drug-likeness (QED) is 0.809. The maximum absolute atomic E-state index is 13.2. The Morgan fingerprint density at radius 2 is 2.31 bits per heavy atom. The molecule has 3 nitrogen and oxygen atoms in total. The van der Waals surface area contributed by atoms with Crippen LogP contribution in [0.25, 0.3) is 0 Å². The largest absolute Gasteiger partial charge is 0.505 e. The molecule has 1 atom stereocenters. The Labute approximate surface area is 94.2 Å². The lowest BCUT2D eigenvalue weighted by atomic mass is 9.91. The molecule has 16 heavy (non-hydrogen) atoms. The van der Waals surface area contributed by atoms with Crippen LogP contribution in [0.15, 0.2) is 12.1 Å². The van der Waals surface area contributed by atoms with Crippen LogP contribution in [0.4, 0.5) is 4.39 Å². The number of piperidine rings is 1. The molecule has 1 aliphatic rings. The Kier molecular flexibility index (Phi) is 3.29. The third kappa shape index (κ3) is 2.11. The fraction of sp³-hybridized carbons (Fsp3) is 0.500. The molecule has 0 radical (unpaired) electrons. The zero-order valence-electron chi connectivity index (χ0n) is 9.29. The molecule has 1 aromatic carbocycles. The monoisotopic (exact) mass is 225 g/mol. The molecule has 0 spiro atoms. The van der Waals surface area contributed by atoms with E-state index in [2.05, 4.69) is 5.32 Å². The number of methoxy groups -OCH3 is 1. The summed E-state index contributed by atoms with van der Waals surface area (Å²) in [5, 5.41) is 12.7. The molecular formula is C12H16FNO2. The number of hydrogen-bond acceptors (Lipinski definition) is 3. The molecule has 0 amide bonds. The number of phenolic OH excluding ortho intramolecular Hbond substituents is 1. The molecule has 0 aromatic heterocycles. The lowest BCUT2D eigenvalue weighted by Gasteiger charge is -2.24. The molecule has 4 heteroatoms. The van der Waals surface area contributed by atoms with Crippen LogP contribution in [0.1, 0.15) is 24.3 Å². The van der Waals surface area contributed by atoms with Crippen LogP contribution in [0, 0.1) is 5.82 Å². The summed E-state index contributed by atoms with van der Waals surface area (Å²) in [5.41, 5.74) is 0.883. The normalized spacial score (nSPS) is 20.8. The number of halogens is 1. The predicted octanol–water partition coefficient (Wildman–Crippen LogP) is 2.01. The summed E-state index contributed by atoms with van der Waals surface area (Å²) in [6.45, 7) is 1.87. The number of hydrogen-bond donors (Lipinski definition) is 2. The Hall–Kier alpha value is -1.29. The van der Waals surface area contributed by atoms with Crippen molar-refractivity contribution in [2.24, 2.45) is 0 Å². The van der Waals surface area contributed by atoms with E-state index in [0.29, 0.717) is 5.75 Å². The van der Waals surface area contributed by atoms with E-state index in [-0.39, 0.29) is 11.7 Å². The summed E-state index contributed by atoms with van der Waals surface area (Å²) in [4.78, 5) is 0. The average molecular weight is 225 g/mol. The smallest absolute Gasteiger partial charge is 0.168 e. The molecule has 1 aromatic rings. The predicted molar refractivity (Wildman–Crippen MR) is 59.5 cm³/mol. The van der Waals surface area contributed by atoms with Crippen LogP contribution in [0.5, 0.6) is 11.5 Å². The number of rotatable bonds is 2. The Morgan fingerprint density at radius 3 is 2.94 bits per heavy atom. The number of benzene rings is 1. The van der Waals surface area contributed by atoms with Crippen molar-refractivity contribution in [3.63, 3.8) is 0 Å². The maximum Gasteiger partial charge on any atom is 0.168 e. The average Bonchev–Trinajstić information content (AvgIpc) is 2.33. The van der Waals surface area contributed by atoms with Crippen molar-refractivity contribution >= 4 is 0 Å². The molecule has 0 saturated carbocycles. The van der Waals surface area contributed by atoms with Crippen LogP contribution in [-0.2, 0) is 0 Å². The van der Waals surface area contributed by atoms with E-state index < -0.39 is 5.82 Å². The molecular weight excluding hydrogens is 209 g/mol. The van der Waals surface area contributed by atoms with Crippen LogP contribution in [0.2, 0.25) is 0 Å². The van der Waals surface area contributed by atoms with E-state index in [1.165, 1.54) is 19.2 Å². The molecule has 1 heterocycles. The van der Waals surface area contributed by atoms with Gasteiger partial charge in [0.25, 0.3) is 0 Å². The summed E-state index contributed by atoms with van der Waals surface area (Å²) >= 11 is 0. The topological polar surface area (TPSA) is 41.5 Å². The van der Waals surface area contributed by atoms with Gasteiger partial charge < -0.3 is 15.2 Å². The zero-order chi connectivity index (χ0) is 11.5. The highest BCUT2D eigenvalue weighted by Gasteiger charge is 2.20. The maximum atomic E-state index is 13.2. The molecule has 2 N–H and O–H groups in total. The van der Waals surface area contributed by atoms with Gasteiger partial charge in [-0.25, -0.2) is 4.39 Å². The second-order valence-electron chi connectivity index (χ2n) is 4.09. The minimum atomic E-state index is -0.635. The van der Waals surface area contributed by atoms with Gasteiger partial charge in [-0.05, 0) is 25.5 Å². The van der Waals surface area contributed by atoms with Gasteiger partial charge in [0.2, 0.25) is 0 Å². The molecule has 0 aliphatic carbocycles. The molecule has 1 saturated heterocycles. The third-order valence-corrected chi connectivity index (χ3v) is 3.04. The van der Waals surface area contributed by atoms with Gasteiger partial charge in [0, 0.05) is 24.1 Å². The second kappa shape index (κ2) is 4.70. The Morgan fingerprint density at radius 1 is 1.50 bits per heavy atom. The highest BCUT2D eigenvalue weighted by atomic mass is 19.1. The van der Waals surface area contributed by atoms with Crippen LogP contribution < -0.4 is 10.1 Å². The SMILES string of the molecule is COc1cc(F)c(O)cc1C1CCCNC1. The van der Waals surface area contributed by atoms with Crippen molar-refractivity contribution in [2.75, 3.05) is 20.2 Å². The van der Waals surface area contributed by atoms with Crippen molar-refractivity contribution < 1.29 is 14.2 Å². The van der Waals surface area contributed by atoms with Gasteiger partial charge in [0.05, 0.1) is 7.11 Å². The summed E-state index contributed by atoms with van der Waals surface area (Å²) in [5.74, 6) is -0.134. The fourth-order valence-electron chi connectivity index (χ4n) is 2.17. The van der Waals surface area contributed by atoms with E-state index in [4.69, 9.17) is 4.74 Å². The van der Waals surface area contributed by atoms with E-state index in [0.717, 1.165) is 31.5 Å². The second-order valence-corrected chi connectivity index (χ2v) is 4.09. The first kappa shape index (κ1) is 11.2. The standard InChI is InChI=1S/C12H16FNO2/c1-16-12-6-10(13)11(15)5-9(12)8-3-2-4-14-7-8/h5-6,8,14-15H,2-4,7H2,1H3. The zero-order valence-corrected chi connectivity index (χ0v) is 9.29. The van der Waals surface area contributed by atoms with Crippen molar-refractivity contribution in [1.29, 1.82) is 0 Å². The van der Waals surface area contributed by atoms with Gasteiger partial charge in [-0.15, -0.1) is 0 Å². The highest BCUT2D eigenvalue weighted by molar-refractivity contribution is 5.43. The Bertz CT molecular complexity index is 376. The highest BCUT2D eigenvalue weighted by Crippen LogP contribution is 2.35. The summed E-state index contributed by atoms with van der Waals surface area (Å²) in [6, 6.07) is 2.73. The first-order chi connectivity index (χ1) is 7.72. The van der Waals surface area contributed by atoms with Gasteiger partial charge >= 0.3 is 0 Å². The minimum Gasteiger partial charge on any atom is -0.505 e. The number of nitrogens with one attached hydrogen (secondary N) is 1. The van der Waals surface area contributed by atoms with E-state index >= 15 is 0 Å². The Balaban J connectivity index is 2.33. The molecule has 1 unspecified atom stereocenters. The van der Waals surface area contributed by atoms with Gasteiger partial charge in [0.1, 0.15) is 5.75 Å². The van der Waals surface area contributed by atoms with Crippen LogP contribution in [0.3, 0.4) is 0 Å². The lowest BCUT2D eigenvalue weighted by Crippen LogP contribution is -2.28. The first-order valence-corrected chi connectivity index (χ1v) is 5.49. The third-order valence-electron chi connectivity index (χ3n) is 3.04. The summed E-state index contributed by atoms with van der Waals surface area (Å²) in [6.07, 6.45) is 2.13. The number of aromatic hydroxyl groups is 1. The van der Waals surface area contributed by atoms with Gasteiger partial charge in [-0.3, -0.25) is 0 Å². The van der Waals surface area contributed by atoms with Gasteiger partial charge in [0.15, 0.2) is 11.6 Å². The van der Waals surface area contributed by atoms with Crippen LogP contribution >= 0.6 is 0 Å². The molecule has 1 fully saturated rings. The van der Waals surface area contributed by atoms with Crippen molar-refractivity contribution in [1.82, 2.24) is 5.32 Å². The van der Waals surface area contributed by atoms with E-state index in [1.54, 1.807) is 0 Å². The molecule has 88 valence electrons. The number of ether oxygens (including phenoxy) is 1. The van der Waals surface area contributed by atoms with Crippen molar-refractivity contribution in [3.05, 3.63) is 23.5 Å². The van der Waals surface area contributed by atoms with Gasteiger partial charge in [-0.1, -0.05) is 0 Å². The van der Waals surface area contributed by atoms with E-state index in [9.17, 15) is 9.50 Å². The first-order valence-electron chi connectivity index (χ1n) is 5.49.